The second kappa shape index (κ2) is 54.1. The van der Waals surface area contributed by atoms with Gasteiger partial charge in [-0.1, -0.05) is 243 Å². The van der Waals surface area contributed by atoms with E-state index in [1.165, 1.54) is 17.2 Å². The zero-order chi connectivity index (χ0) is 85.7. The van der Waals surface area contributed by atoms with Crippen molar-refractivity contribution in [3.05, 3.63) is 340 Å². The Labute approximate surface area is 708 Å². The molecule has 12 aromatic carbocycles. The lowest BCUT2D eigenvalue weighted by molar-refractivity contribution is 0.301. The van der Waals surface area contributed by atoms with Crippen molar-refractivity contribution in [1.82, 2.24) is 0 Å². The summed E-state index contributed by atoms with van der Waals surface area (Å²) in [5, 5.41) is 75.7. The first-order valence-corrected chi connectivity index (χ1v) is 40.7. The number of aromatic hydroxyl groups is 8. The molecule has 0 aliphatic rings. The summed E-state index contributed by atoms with van der Waals surface area (Å²) >= 11 is 0. The average molecular weight is 1620 g/mol. The normalized spacial score (nSPS) is 10.8. The van der Waals surface area contributed by atoms with Crippen molar-refractivity contribution >= 4 is 72.9 Å². The van der Waals surface area contributed by atoms with Gasteiger partial charge in [0.25, 0.3) is 0 Å². The van der Waals surface area contributed by atoms with Crippen molar-refractivity contribution < 1.29 is 74.0 Å². The molecule has 0 radical (unpaired) electrons. The summed E-state index contributed by atoms with van der Waals surface area (Å²) in [6.07, 6.45) is 30.3. The molecule has 0 atom stereocenters. The number of ether oxygens (including phenoxy) is 7. The monoisotopic (exact) mass is 1610 g/mol. The Hall–Kier alpha value is -13.9. The molecule has 15 heteroatoms. The molecule has 8 N–H and O–H groups in total. The van der Waals surface area contributed by atoms with Crippen LogP contribution in [0.3, 0.4) is 0 Å². The summed E-state index contributed by atoms with van der Waals surface area (Å²) in [4.78, 5) is 0. The third kappa shape index (κ3) is 38.2. The molecule has 0 unspecified atom stereocenters. The Bertz CT molecular complexity index is 4880. The first kappa shape index (κ1) is 93.2. The first-order valence-electron chi connectivity index (χ1n) is 40.7. The number of phenols is 8. The fourth-order valence-electron chi connectivity index (χ4n) is 10.9. The summed E-state index contributed by atoms with van der Waals surface area (Å²) in [6.45, 7) is 19.2. The summed E-state index contributed by atoms with van der Waals surface area (Å²) < 4.78 is 39.2. The minimum absolute atomic E-state index is 0.0490. The van der Waals surface area contributed by atoms with Gasteiger partial charge in [-0.2, -0.15) is 0 Å². The van der Waals surface area contributed by atoms with E-state index in [4.69, 9.17) is 33.2 Å². The molecular weight excluding hydrogens is 1500 g/mol. The lowest BCUT2D eigenvalue weighted by Gasteiger charge is -2.10. The molecule has 15 nitrogen and oxygen atoms in total. The fourth-order valence-corrected chi connectivity index (χ4v) is 10.9. The van der Waals surface area contributed by atoms with Gasteiger partial charge in [0.1, 0.15) is 86.2 Å². The SMILES string of the molecule is C(=Cc1ccccc1)c1ccccc1.CCCOc1cc(C=Cc2ccc(O)cc2)cc(OCCC)c1.CCCOc1cc(O)cc(C=Cc2ccc(O)cc2)c1.CCCOc1cc(O)cc(C=Cc2ccc(O)cc2)c1.CCCOc1ccc(C=Cc2cc(O)cc(O)c2)cc1.CCCOc1ccc(C=Cc2cc(O)cc(OCCC)c2)cc1. The van der Waals surface area contributed by atoms with Crippen LogP contribution in [-0.4, -0.2) is 87.1 Å². The topological polar surface area (TPSA) is 226 Å². The van der Waals surface area contributed by atoms with Crippen LogP contribution in [0.2, 0.25) is 0 Å². The third-order valence-corrected chi connectivity index (χ3v) is 16.7. The van der Waals surface area contributed by atoms with Crippen molar-refractivity contribution in [3.8, 4) is 86.2 Å². The molecule has 0 saturated heterocycles. The van der Waals surface area contributed by atoms with Gasteiger partial charge in [-0.05, 0) is 233 Å². The summed E-state index contributed by atoms with van der Waals surface area (Å²) in [5.41, 5.74) is 11.9. The van der Waals surface area contributed by atoms with Crippen LogP contribution in [0.5, 0.6) is 86.2 Å². The second-order valence-corrected chi connectivity index (χ2v) is 27.5. The fraction of sp³-hybridized carbons (Fsp3) is 0.200. The van der Waals surface area contributed by atoms with Crippen LogP contribution >= 0.6 is 0 Å². The highest BCUT2D eigenvalue weighted by atomic mass is 16.5. The van der Waals surface area contributed by atoms with Crippen LogP contribution in [0.15, 0.2) is 273 Å². The maximum absolute atomic E-state index is 9.78. The molecule has 0 aliphatic carbocycles. The maximum atomic E-state index is 9.78. The van der Waals surface area contributed by atoms with Gasteiger partial charge in [-0.15, -0.1) is 0 Å². The molecule has 0 bridgehead atoms. The largest absolute Gasteiger partial charge is 0.508 e. The predicted octanol–water partition coefficient (Wildman–Crippen LogP) is 26.3. The van der Waals surface area contributed by atoms with E-state index in [0.717, 1.165) is 137 Å². The van der Waals surface area contributed by atoms with Crippen molar-refractivity contribution in [2.45, 2.75) is 93.4 Å². The van der Waals surface area contributed by atoms with E-state index in [-0.39, 0.29) is 46.0 Å². The van der Waals surface area contributed by atoms with Gasteiger partial charge in [-0.25, -0.2) is 0 Å². The molecular formula is C105H114O15. The number of phenolic OH excluding ortho intramolecular Hbond substituents is 8. The quantitative estimate of drug-likeness (QED) is 0.0179. The minimum Gasteiger partial charge on any atom is -0.508 e. The van der Waals surface area contributed by atoms with Crippen LogP contribution in [-0.2, 0) is 0 Å². The van der Waals surface area contributed by atoms with E-state index in [1.807, 2.05) is 232 Å². The van der Waals surface area contributed by atoms with Crippen LogP contribution in [0.4, 0.5) is 0 Å². The number of hydrogen-bond acceptors (Lipinski definition) is 15. The van der Waals surface area contributed by atoms with Crippen molar-refractivity contribution in [2.75, 3.05) is 46.2 Å². The van der Waals surface area contributed by atoms with E-state index < -0.39 is 0 Å². The smallest absolute Gasteiger partial charge is 0.123 e. The summed E-state index contributed by atoms with van der Waals surface area (Å²) in [7, 11) is 0. The predicted molar refractivity (Wildman–Crippen MR) is 495 cm³/mol. The molecule has 0 saturated carbocycles. The van der Waals surface area contributed by atoms with Crippen LogP contribution in [0.25, 0.3) is 72.9 Å². The lowest BCUT2D eigenvalue weighted by Crippen LogP contribution is -1.98. The molecule has 0 amide bonds. The Morgan fingerprint density at radius 3 is 0.567 bits per heavy atom. The molecule has 0 aliphatic heterocycles. The highest BCUT2D eigenvalue weighted by molar-refractivity contribution is 5.76. The zero-order valence-electron chi connectivity index (χ0n) is 69.7. The molecule has 0 heterocycles. The van der Waals surface area contributed by atoms with Gasteiger partial charge in [0, 0.05) is 30.3 Å². The van der Waals surface area contributed by atoms with E-state index in [0.29, 0.717) is 50.3 Å². The maximum Gasteiger partial charge on any atom is 0.123 e. The van der Waals surface area contributed by atoms with E-state index in [1.54, 1.807) is 84.9 Å². The van der Waals surface area contributed by atoms with E-state index >= 15 is 0 Å². The molecule has 624 valence electrons. The number of hydrogen-bond donors (Lipinski definition) is 8. The average Bonchev–Trinajstić information content (AvgIpc) is 0.875. The van der Waals surface area contributed by atoms with Gasteiger partial charge >= 0.3 is 0 Å². The van der Waals surface area contributed by atoms with Crippen LogP contribution < -0.4 is 33.2 Å². The first-order chi connectivity index (χ1) is 58.4. The third-order valence-electron chi connectivity index (χ3n) is 16.7. The Balaban J connectivity index is 0.000000199. The van der Waals surface area contributed by atoms with Crippen molar-refractivity contribution in [1.29, 1.82) is 0 Å². The van der Waals surface area contributed by atoms with Crippen LogP contribution in [0, 0.1) is 0 Å². The lowest BCUT2D eigenvalue weighted by atomic mass is 10.1. The molecule has 0 fully saturated rings. The Morgan fingerprint density at radius 1 is 0.158 bits per heavy atom. The van der Waals surface area contributed by atoms with Gasteiger partial charge in [0.15, 0.2) is 0 Å². The highest BCUT2D eigenvalue weighted by Gasteiger charge is 2.07. The van der Waals surface area contributed by atoms with Gasteiger partial charge in [-0.3, -0.25) is 0 Å². The summed E-state index contributed by atoms with van der Waals surface area (Å²) in [5.74, 6) is 6.85. The molecule has 12 rings (SSSR count). The van der Waals surface area contributed by atoms with Gasteiger partial charge < -0.3 is 74.0 Å². The summed E-state index contributed by atoms with van der Waals surface area (Å²) in [6, 6.07) is 83.3. The highest BCUT2D eigenvalue weighted by Crippen LogP contribution is 2.30. The number of rotatable bonds is 33. The Morgan fingerprint density at radius 2 is 0.333 bits per heavy atom. The standard InChI is InChI=1S/2C20H24O3.3C17H18O3.C14H12/c1-3-11-22-19-9-7-16(8-10-19)5-6-17-13-18(21)15-20(14-17)23-12-4-2;1-3-11-22-19-13-17(14-20(15-19)23-12-4-2)6-5-16-7-9-18(21)10-8-16;1-2-9-20-17-7-5-13(6-8-17)3-4-14-10-15(18)12-16(19)11-14;2*1-2-9-20-17-11-14(10-16(19)12-17)4-3-13-5-7-15(18)8-6-13;1-3-7-13(8-4-1)11-12-14-9-5-2-6-10-14/h2*5-10,13-15,21H,3-4,11-12H2,1-2H3;3*3-8,10-12,18-19H,2,9H2,1H3;1-12H. The van der Waals surface area contributed by atoms with Crippen molar-refractivity contribution in [2.24, 2.45) is 0 Å². The molecule has 0 aromatic heterocycles. The minimum atomic E-state index is 0.0490. The second-order valence-electron chi connectivity index (χ2n) is 27.5. The molecule has 0 spiro atoms. The number of benzene rings is 12. The van der Waals surface area contributed by atoms with Gasteiger partial charge in [0.2, 0.25) is 0 Å². The van der Waals surface area contributed by atoms with Crippen molar-refractivity contribution in [3.63, 3.8) is 0 Å². The zero-order valence-corrected chi connectivity index (χ0v) is 69.7. The molecule has 12 aromatic rings. The van der Waals surface area contributed by atoms with E-state index in [9.17, 15) is 40.9 Å². The molecule has 120 heavy (non-hydrogen) atoms. The van der Waals surface area contributed by atoms with Gasteiger partial charge in [0.05, 0.1) is 46.2 Å². The van der Waals surface area contributed by atoms with E-state index in [2.05, 4.69) is 71.0 Å². The van der Waals surface area contributed by atoms with Crippen LogP contribution in [0.1, 0.15) is 160 Å². The Kier molecular flexibility index (Phi) is 42.0.